The van der Waals surface area contributed by atoms with Crippen molar-refractivity contribution in [2.24, 2.45) is 0 Å². The first kappa shape index (κ1) is 16.6. The Morgan fingerprint density at radius 3 is 2.82 bits per heavy atom. The molecule has 0 unspecified atom stereocenters. The molecule has 0 radical (unpaired) electrons. The van der Waals surface area contributed by atoms with Gasteiger partial charge in [0.1, 0.15) is 0 Å². The van der Waals surface area contributed by atoms with Crippen molar-refractivity contribution in [3.8, 4) is 11.5 Å². The quantitative estimate of drug-likeness (QED) is 0.756. The largest absolute Gasteiger partial charge is 0.454 e. The first-order valence-electron chi connectivity index (χ1n) is 9.21. The summed E-state index contributed by atoms with van der Waals surface area (Å²) in [6, 6.07) is 14.9. The zero-order chi connectivity index (χ0) is 19.3. The van der Waals surface area contributed by atoms with Crippen LogP contribution >= 0.6 is 0 Å². The molecule has 0 saturated carbocycles. The lowest BCUT2D eigenvalue weighted by molar-refractivity contribution is -0.115. The number of nitrogens with zero attached hydrogens (tertiary/aromatic N) is 1. The first-order chi connectivity index (χ1) is 13.7. The zero-order valence-corrected chi connectivity index (χ0v) is 15.3. The number of carbonyl (C=O) groups is 2. The fourth-order valence-corrected chi connectivity index (χ4v) is 3.90. The van der Waals surface area contributed by atoms with E-state index in [1.807, 2.05) is 55.5 Å². The van der Waals surface area contributed by atoms with Gasteiger partial charge in [-0.3, -0.25) is 9.59 Å². The highest BCUT2D eigenvalue weighted by Crippen LogP contribution is 2.40. The maximum atomic E-state index is 12.6. The Morgan fingerprint density at radius 2 is 1.96 bits per heavy atom. The van der Waals surface area contributed by atoms with Crippen molar-refractivity contribution in [2.75, 3.05) is 23.6 Å². The van der Waals surface area contributed by atoms with E-state index in [1.54, 1.807) is 4.90 Å². The third-order valence-corrected chi connectivity index (χ3v) is 5.18. The molecule has 0 aliphatic carbocycles. The van der Waals surface area contributed by atoms with Crippen LogP contribution in [0, 0.1) is 0 Å². The van der Waals surface area contributed by atoms with Gasteiger partial charge in [-0.1, -0.05) is 18.2 Å². The van der Waals surface area contributed by atoms with E-state index < -0.39 is 0 Å². The van der Waals surface area contributed by atoms with Crippen molar-refractivity contribution in [3.05, 3.63) is 59.7 Å². The molecule has 0 aromatic heterocycles. The maximum absolute atomic E-state index is 12.6. The number of rotatable bonds is 4. The summed E-state index contributed by atoms with van der Waals surface area (Å²) in [6.07, 6.45) is 0.222. The van der Waals surface area contributed by atoms with Crippen molar-refractivity contribution in [2.45, 2.75) is 13.3 Å². The molecule has 3 aromatic rings. The minimum atomic E-state index is -0.128. The number of ether oxygens (including phenoxy) is 2. The van der Waals surface area contributed by atoms with Gasteiger partial charge in [-0.2, -0.15) is 0 Å². The molecular formula is C22H18N2O4. The highest BCUT2D eigenvalue weighted by atomic mass is 16.7. The Morgan fingerprint density at radius 1 is 1.11 bits per heavy atom. The van der Waals surface area contributed by atoms with Crippen LogP contribution in [0.5, 0.6) is 11.5 Å². The molecule has 0 bridgehead atoms. The van der Waals surface area contributed by atoms with Gasteiger partial charge in [0.15, 0.2) is 11.5 Å². The molecule has 2 amide bonds. The molecule has 2 aliphatic heterocycles. The van der Waals surface area contributed by atoms with Crippen LogP contribution in [0.2, 0.25) is 0 Å². The molecule has 28 heavy (non-hydrogen) atoms. The molecule has 2 heterocycles. The molecule has 0 saturated heterocycles. The Kier molecular flexibility index (Phi) is 3.72. The van der Waals surface area contributed by atoms with Gasteiger partial charge >= 0.3 is 0 Å². The third kappa shape index (κ3) is 2.49. The molecule has 1 N–H and O–H groups in total. The summed E-state index contributed by atoms with van der Waals surface area (Å²) in [5, 5.41) is 4.76. The van der Waals surface area contributed by atoms with E-state index >= 15 is 0 Å². The molecule has 0 fully saturated rings. The number of hydrogen-bond acceptors (Lipinski definition) is 4. The molecule has 3 aromatic carbocycles. The summed E-state index contributed by atoms with van der Waals surface area (Å²) < 4.78 is 10.7. The predicted molar refractivity (Wildman–Crippen MR) is 106 cm³/mol. The maximum Gasteiger partial charge on any atom is 0.258 e. The van der Waals surface area contributed by atoms with Crippen molar-refractivity contribution < 1.29 is 19.1 Å². The number of hydrogen-bond donors (Lipinski definition) is 1. The average Bonchev–Trinajstić information content (AvgIpc) is 3.27. The second-order valence-corrected chi connectivity index (χ2v) is 6.82. The lowest BCUT2D eigenvalue weighted by Crippen LogP contribution is -2.25. The molecular weight excluding hydrogens is 356 g/mol. The van der Waals surface area contributed by atoms with Crippen LogP contribution in [0.15, 0.2) is 48.5 Å². The van der Waals surface area contributed by atoms with E-state index in [2.05, 4.69) is 5.32 Å². The predicted octanol–water partition coefficient (Wildman–Crippen LogP) is 3.73. The van der Waals surface area contributed by atoms with Crippen LogP contribution in [0.1, 0.15) is 22.8 Å². The number of fused-ring (bicyclic) bond motifs is 1. The Hall–Kier alpha value is -3.54. The van der Waals surface area contributed by atoms with E-state index in [0.29, 0.717) is 29.3 Å². The van der Waals surface area contributed by atoms with Gasteiger partial charge in [-0.25, -0.2) is 0 Å². The van der Waals surface area contributed by atoms with Crippen LogP contribution in [0.3, 0.4) is 0 Å². The minimum absolute atomic E-state index is 0.00642. The molecule has 0 spiro atoms. The number of nitrogens with one attached hydrogen (secondary N) is 1. The minimum Gasteiger partial charge on any atom is -0.454 e. The molecule has 6 heteroatoms. The van der Waals surface area contributed by atoms with E-state index in [-0.39, 0.29) is 25.0 Å². The van der Waals surface area contributed by atoms with Crippen LogP contribution in [0.4, 0.5) is 11.4 Å². The summed E-state index contributed by atoms with van der Waals surface area (Å²) in [4.78, 5) is 27.0. The molecule has 2 aliphatic rings. The highest BCUT2D eigenvalue weighted by molar-refractivity contribution is 6.27. The van der Waals surface area contributed by atoms with Crippen LogP contribution in [-0.2, 0) is 11.2 Å². The van der Waals surface area contributed by atoms with Gasteiger partial charge in [-0.05, 0) is 42.8 Å². The smallest absolute Gasteiger partial charge is 0.258 e. The third-order valence-electron chi connectivity index (χ3n) is 5.18. The van der Waals surface area contributed by atoms with Gasteiger partial charge in [0, 0.05) is 28.6 Å². The van der Waals surface area contributed by atoms with E-state index in [9.17, 15) is 9.59 Å². The topological polar surface area (TPSA) is 67.9 Å². The van der Waals surface area contributed by atoms with Gasteiger partial charge in [0.2, 0.25) is 12.7 Å². The number of anilines is 2. The van der Waals surface area contributed by atoms with Crippen molar-refractivity contribution in [1.82, 2.24) is 0 Å². The highest BCUT2D eigenvalue weighted by Gasteiger charge is 2.29. The fourth-order valence-electron chi connectivity index (χ4n) is 3.90. The van der Waals surface area contributed by atoms with E-state index in [0.717, 1.165) is 22.0 Å². The second kappa shape index (κ2) is 6.27. The summed E-state index contributed by atoms with van der Waals surface area (Å²) in [5.41, 5.74) is 3.13. The Balaban J connectivity index is 1.44. The van der Waals surface area contributed by atoms with Gasteiger partial charge in [0.25, 0.3) is 5.91 Å². The number of carbonyl (C=O) groups excluding carboxylic acids is 2. The summed E-state index contributed by atoms with van der Waals surface area (Å²) in [6.45, 7) is 2.77. The second-order valence-electron chi connectivity index (χ2n) is 6.82. The number of amides is 2. The van der Waals surface area contributed by atoms with E-state index in [4.69, 9.17) is 9.47 Å². The normalized spacial score (nSPS) is 14.0. The van der Waals surface area contributed by atoms with E-state index in [1.165, 1.54) is 0 Å². The van der Waals surface area contributed by atoms with Gasteiger partial charge in [-0.15, -0.1) is 0 Å². The van der Waals surface area contributed by atoms with Crippen LogP contribution in [0.25, 0.3) is 10.8 Å². The Bertz CT molecular complexity index is 1140. The summed E-state index contributed by atoms with van der Waals surface area (Å²) >= 11 is 0. The molecule has 140 valence electrons. The zero-order valence-electron chi connectivity index (χ0n) is 15.3. The van der Waals surface area contributed by atoms with Crippen LogP contribution < -0.4 is 19.7 Å². The van der Waals surface area contributed by atoms with Gasteiger partial charge in [0.05, 0.1) is 12.1 Å². The van der Waals surface area contributed by atoms with Crippen molar-refractivity contribution >= 4 is 34.0 Å². The van der Waals surface area contributed by atoms with Crippen LogP contribution in [-0.4, -0.2) is 25.2 Å². The monoisotopic (exact) mass is 374 g/mol. The fraction of sp³-hybridized carbons (Fsp3) is 0.182. The standard InChI is InChI=1S/C22H18N2O4/c1-2-24-17-8-7-16(14-4-3-5-15(21(14)17)22(24)26)23-20(25)11-13-6-9-18-19(10-13)28-12-27-18/h3-10H,2,11-12H2,1H3,(H,23,25). The number of benzene rings is 3. The molecule has 5 rings (SSSR count). The summed E-state index contributed by atoms with van der Waals surface area (Å²) in [7, 11) is 0. The molecule has 0 atom stereocenters. The Labute approximate surface area is 161 Å². The molecule has 6 nitrogen and oxygen atoms in total. The average molecular weight is 374 g/mol. The van der Waals surface area contributed by atoms with Crippen molar-refractivity contribution in [1.29, 1.82) is 0 Å². The van der Waals surface area contributed by atoms with Crippen molar-refractivity contribution in [3.63, 3.8) is 0 Å². The lowest BCUT2D eigenvalue weighted by atomic mass is 10.0. The SMILES string of the molecule is CCN1C(=O)c2cccc3c(NC(=O)Cc4ccc5c(c4)OCO5)ccc1c23. The lowest BCUT2D eigenvalue weighted by Gasteiger charge is -2.15. The van der Waals surface area contributed by atoms with Gasteiger partial charge < -0.3 is 19.7 Å². The summed E-state index contributed by atoms with van der Waals surface area (Å²) in [5.74, 6) is 1.23. The first-order valence-corrected chi connectivity index (χ1v) is 9.21.